The lowest BCUT2D eigenvalue weighted by atomic mass is 10.1. The largest absolute Gasteiger partial charge is 0.343 e. The first-order valence-electron chi connectivity index (χ1n) is 4.12. The van der Waals surface area contributed by atoms with Crippen LogP contribution in [0, 0.1) is 0 Å². The fourth-order valence-electron chi connectivity index (χ4n) is 1.36. The molecule has 0 aromatic carbocycles. The van der Waals surface area contributed by atoms with E-state index in [9.17, 15) is 0 Å². The summed E-state index contributed by atoms with van der Waals surface area (Å²) in [6, 6.07) is 3.84. The van der Waals surface area contributed by atoms with Crippen LogP contribution in [0.5, 0.6) is 0 Å². The smallest absolute Gasteiger partial charge is 0.206 e. The molecule has 0 unspecified atom stereocenters. The monoisotopic (exact) mass is 243 g/mol. The molecule has 0 bridgehead atoms. The van der Waals surface area contributed by atoms with Crippen LogP contribution in [-0.4, -0.2) is 23.5 Å². The maximum Gasteiger partial charge on any atom is 0.206 e. The molecule has 1 aliphatic rings. The van der Waals surface area contributed by atoms with Crippen LogP contribution in [0.25, 0.3) is 0 Å². The summed E-state index contributed by atoms with van der Waals surface area (Å²) >= 11 is 3.39. The maximum absolute atomic E-state index is 5.57. The molecule has 1 aromatic rings. The van der Waals surface area contributed by atoms with Crippen LogP contribution >= 0.6 is 15.9 Å². The molecule has 4 heteroatoms. The number of aromatic nitrogens is 1. The summed E-state index contributed by atoms with van der Waals surface area (Å²) in [7, 11) is 0. The van der Waals surface area contributed by atoms with Gasteiger partial charge in [-0.25, -0.2) is 0 Å². The van der Waals surface area contributed by atoms with Gasteiger partial charge in [-0.3, -0.25) is 4.98 Å². The van der Waals surface area contributed by atoms with Crippen molar-refractivity contribution in [2.75, 3.05) is 18.5 Å². The quantitative estimate of drug-likeness (QED) is 0.741. The van der Waals surface area contributed by atoms with Gasteiger partial charge in [0.2, 0.25) is 5.79 Å². The van der Waals surface area contributed by atoms with Crippen LogP contribution in [0.2, 0.25) is 0 Å². The molecule has 1 fully saturated rings. The summed E-state index contributed by atoms with van der Waals surface area (Å²) < 4.78 is 11.1. The Morgan fingerprint density at radius 2 is 2.23 bits per heavy atom. The van der Waals surface area contributed by atoms with Crippen LogP contribution in [0.15, 0.2) is 24.5 Å². The average molecular weight is 244 g/mol. The zero-order valence-corrected chi connectivity index (χ0v) is 8.66. The molecule has 0 N–H and O–H groups in total. The molecule has 70 valence electrons. The van der Waals surface area contributed by atoms with Crippen molar-refractivity contribution in [3.8, 4) is 0 Å². The molecule has 0 aliphatic carbocycles. The summed E-state index contributed by atoms with van der Waals surface area (Å²) in [5, 5.41) is 0.631. The summed E-state index contributed by atoms with van der Waals surface area (Å²) in [6.45, 7) is 1.28. The Hall–Kier alpha value is -0.450. The first kappa shape index (κ1) is 9.12. The van der Waals surface area contributed by atoms with Crippen molar-refractivity contribution >= 4 is 15.9 Å². The van der Waals surface area contributed by atoms with Crippen molar-refractivity contribution in [3.05, 3.63) is 30.1 Å². The van der Waals surface area contributed by atoms with E-state index in [1.54, 1.807) is 12.4 Å². The van der Waals surface area contributed by atoms with Gasteiger partial charge >= 0.3 is 0 Å². The van der Waals surface area contributed by atoms with Crippen LogP contribution in [0.3, 0.4) is 0 Å². The molecule has 0 atom stereocenters. The van der Waals surface area contributed by atoms with Gasteiger partial charge in [0.1, 0.15) is 0 Å². The number of halogens is 1. The molecule has 0 spiro atoms. The van der Waals surface area contributed by atoms with Gasteiger partial charge in [0.05, 0.1) is 18.5 Å². The number of alkyl halides is 1. The van der Waals surface area contributed by atoms with Crippen LogP contribution in [-0.2, 0) is 15.3 Å². The molecule has 2 rings (SSSR count). The standard InChI is InChI=1S/C9H10BrNO2/c10-7-9(12-4-5-13-9)8-2-1-3-11-6-8/h1-3,6H,4-5,7H2. The third kappa shape index (κ3) is 1.61. The fourth-order valence-corrected chi connectivity index (χ4v) is 2.01. The van der Waals surface area contributed by atoms with Crippen molar-refractivity contribution in [2.24, 2.45) is 0 Å². The highest BCUT2D eigenvalue weighted by atomic mass is 79.9. The van der Waals surface area contributed by atoms with E-state index in [-0.39, 0.29) is 0 Å². The van der Waals surface area contributed by atoms with E-state index < -0.39 is 5.79 Å². The Labute approximate surface area is 85.2 Å². The minimum atomic E-state index is -0.617. The van der Waals surface area contributed by atoms with Crippen molar-refractivity contribution in [2.45, 2.75) is 5.79 Å². The highest BCUT2D eigenvalue weighted by Crippen LogP contribution is 2.32. The maximum atomic E-state index is 5.57. The first-order valence-corrected chi connectivity index (χ1v) is 5.24. The molecule has 13 heavy (non-hydrogen) atoms. The molecule has 1 saturated heterocycles. The fraction of sp³-hybridized carbons (Fsp3) is 0.444. The Morgan fingerprint density at radius 1 is 1.46 bits per heavy atom. The highest BCUT2D eigenvalue weighted by molar-refractivity contribution is 9.09. The van der Waals surface area contributed by atoms with Crippen LogP contribution in [0.1, 0.15) is 5.56 Å². The highest BCUT2D eigenvalue weighted by Gasteiger charge is 2.37. The number of hydrogen-bond donors (Lipinski definition) is 0. The topological polar surface area (TPSA) is 31.4 Å². The number of ether oxygens (including phenoxy) is 2. The van der Waals surface area contributed by atoms with E-state index in [0.29, 0.717) is 18.5 Å². The van der Waals surface area contributed by atoms with Crippen molar-refractivity contribution in [1.29, 1.82) is 0 Å². The average Bonchev–Trinajstić information content (AvgIpc) is 2.69. The number of pyridine rings is 1. The van der Waals surface area contributed by atoms with E-state index in [0.717, 1.165) is 5.56 Å². The minimum Gasteiger partial charge on any atom is -0.343 e. The van der Waals surface area contributed by atoms with Gasteiger partial charge in [0.15, 0.2) is 0 Å². The van der Waals surface area contributed by atoms with Gasteiger partial charge in [-0.1, -0.05) is 22.0 Å². The Balaban J connectivity index is 2.31. The molecule has 3 nitrogen and oxygen atoms in total. The Bertz CT molecular complexity index is 272. The molecule has 2 heterocycles. The molecular weight excluding hydrogens is 234 g/mol. The van der Waals surface area contributed by atoms with E-state index in [1.807, 2.05) is 12.1 Å². The van der Waals surface area contributed by atoms with Crippen molar-refractivity contribution in [1.82, 2.24) is 4.98 Å². The van der Waals surface area contributed by atoms with E-state index in [1.165, 1.54) is 0 Å². The number of nitrogens with zero attached hydrogens (tertiary/aromatic N) is 1. The molecule has 0 amide bonds. The summed E-state index contributed by atoms with van der Waals surface area (Å²) in [5.41, 5.74) is 0.962. The van der Waals surface area contributed by atoms with Crippen LogP contribution in [0.4, 0.5) is 0 Å². The minimum absolute atomic E-state index is 0.617. The van der Waals surface area contributed by atoms with E-state index in [4.69, 9.17) is 9.47 Å². The predicted molar refractivity (Wildman–Crippen MR) is 51.6 cm³/mol. The normalized spacial score (nSPS) is 20.4. The van der Waals surface area contributed by atoms with Crippen molar-refractivity contribution < 1.29 is 9.47 Å². The lowest BCUT2D eigenvalue weighted by Gasteiger charge is -2.24. The molecule has 0 saturated carbocycles. The molecular formula is C9H10BrNO2. The molecule has 0 radical (unpaired) electrons. The third-order valence-corrected chi connectivity index (χ3v) is 2.77. The molecule has 1 aromatic heterocycles. The number of rotatable bonds is 2. The van der Waals surface area contributed by atoms with Gasteiger partial charge in [-0.15, -0.1) is 0 Å². The van der Waals surface area contributed by atoms with Crippen molar-refractivity contribution in [3.63, 3.8) is 0 Å². The van der Waals surface area contributed by atoms with E-state index in [2.05, 4.69) is 20.9 Å². The van der Waals surface area contributed by atoms with E-state index >= 15 is 0 Å². The van der Waals surface area contributed by atoms with Gasteiger partial charge in [0.25, 0.3) is 0 Å². The first-order chi connectivity index (χ1) is 6.37. The van der Waals surface area contributed by atoms with Gasteiger partial charge in [-0.2, -0.15) is 0 Å². The lowest BCUT2D eigenvalue weighted by molar-refractivity contribution is -0.144. The summed E-state index contributed by atoms with van der Waals surface area (Å²) in [5.74, 6) is -0.617. The van der Waals surface area contributed by atoms with Gasteiger partial charge < -0.3 is 9.47 Å². The Morgan fingerprint density at radius 3 is 2.77 bits per heavy atom. The lowest BCUT2D eigenvalue weighted by Crippen LogP contribution is -2.28. The zero-order valence-electron chi connectivity index (χ0n) is 7.07. The van der Waals surface area contributed by atoms with Gasteiger partial charge in [0, 0.05) is 18.0 Å². The predicted octanol–water partition coefficient (Wildman–Crippen LogP) is 1.68. The summed E-state index contributed by atoms with van der Waals surface area (Å²) in [4.78, 5) is 4.04. The SMILES string of the molecule is BrCC1(c2cccnc2)OCCO1. The second-order valence-corrected chi connectivity index (χ2v) is 3.39. The van der Waals surface area contributed by atoms with Gasteiger partial charge in [-0.05, 0) is 6.07 Å². The number of hydrogen-bond acceptors (Lipinski definition) is 3. The second kappa shape index (κ2) is 3.74. The molecule has 1 aliphatic heterocycles. The third-order valence-electron chi connectivity index (χ3n) is 2.03. The zero-order chi connectivity index (χ0) is 9.15. The second-order valence-electron chi connectivity index (χ2n) is 2.83. The Kier molecular flexibility index (Phi) is 2.62. The summed E-state index contributed by atoms with van der Waals surface area (Å²) in [6.07, 6.45) is 3.51. The van der Waals surface area contributed by atoms with Crippen LogP contribution < -0.4 is 0 Å².